The van der Waals surface area contributed by atoms with Crippen molar-refractivity contribution in [2.45, 2.75) is 26.2 Å². The van der Waals surface area contributed by atoms with Crippen molar-refractivity contribution in [2.24, 2.45) is 0 Å². The molecule has 1 aliphatic rings. The second-order valence-corrected chi connectivity index (χ2v) is 6.61. The summed E-state index contributed by atoms with van der Waals surface area (Å²) in [5, 5.41) is 9.38. The number of nitrogens with zero attached hydrogens (tertiary/aromatic N) is 1. The number of phenols is 1. The Morgan fingerprint density at radius 1 is 1.04 bits per heavy atom. The summed E-state index contributed by atoms with van der Waals surface area (Å²) in [5.41, 5.74) is 5.38. The molecular formula is C19H22N2O2S. The maximum atomic E-state index is 9.38. The van der Waals surface area contributed by atoms with Crippen LogP contribution in [0.25, 0.3) is 4.91 Å². The molecule has 0 bridgehead atoms. The molecule has 2 aromatic carbocycles. The molecule has 2 aromatic rings. The first kappa shape index (κ1) is 16.6. The Morgan fingerprint density at radius 2 is 1.79 bits per heavy atom. The molecule has 0 radical (unpaired) electrons. The monoisotopic (exact) mass is 342 g/mol. The fourth-order valence-electron chi connectivity index (χ4n) is 2.38. The van der Waals surface area contributed by atoms with Crippen molar-refractivity contribution in [1.29, 1.82) is 0 Å². The number of rotatable bonds is 7. The highest BCUT2D eigenvalue weighted by Crippen LogP contribution is 2.37. The van der Waals surface area contributed by atoms with E-state index in [4.69, 9.17) is 4.74 Å². The van der Waals surface area contributed by atoms with E-state index in [-0.39, 0.29) is 5.75 Å². The molecule has 5 heteroatoms. The molecule has 0 atom stereocenters. The minimum absolute atomic E-state index is 0.279. The van der Waals surface area contributed by atoms with Crippen LogP contribution in [0.3, 0.4) is 0 Å². The Balaban J connectivity index is 1.55. The number of nitrogens with one attached hydrogen (secondary N) is 1. The molecule has 0 unspecified atom stereocenters. The largest absolute Gasteiger partial charge is 0.508 e. The van der Waals surface area contributed by atoms with Crippen LogP contribution in [0.2, 0.25) is 0 Å². The van der Waals surface area contributed by atoms with Crippen molar-refractivity contribution >= 4 is 22.5 Å². The highest BCUT2D eigenvalue weighted by molar-refractivity contribution is 8.09. The summed E-state index contributed by atoms with van der Waals surface area (Å²) in [7, 11) is 0. The molecule has 1 aliphatic heterocycles. The van der Waals surface area contributed by atoms with Gasteiger partial charge in [-0.3, -0.25) is 5.43 Å². The number of hydrogen-bond acceptors (Lipinski definition) is 5. The second kappa shape index (κ2) is 8.02. The third kappa shape index (κ3) is 4.17. The average molecular weight is 342 g/mol. The maximum absolute atomic E-state index is 9.38. The van der Waals surface area contributed by atoms with E-state index in [1.807, 2.05) is 47.0 Å². The van der Waals surface area contributed by atoms with E-state index < -0.39 is 0 Å². The molecule has 1 heterocycles. The third-order valence-corrected chi connectivity index (χ3v) is 4.79. The first-order valence-corrected chi connectivity index (χ1v) is 9.00. The minimum Gasteiger partial charge on any atom is -0.508 e. The summed E-state index contributed by atoms with van der Waals surface area (Å²) in [6, 6.07) is 15.3. The maximum Gasteiger partial charge on any atom is 0.119 e. The third-order valence-electron chi connectivity index (χ3n) is 3.74. The van der Waals surface area contributed by atoms with Crippen molar-refractivity contribution in [3.8, 4) is 11.5 Å². The molecule has 0 aliphatic carbocycles. The number of benzene rings is 2. The zero-order chi connectivity index (χ0) is 16.8. The summed E-state index contributed by atoms with van der Waals surface area (Å²) in [5.74, 6) is 1.19. The zero-order valence-electron chi connectivity index (χ0n) is 13.7. The molecule has 0 saturated carbocycles. The Morgan fingerprint density at radius 3 is 2.50 bits per heavy atom. The SMILES string of the molecule is CCCCCOc1ccc(N2NC=C(c3ccc(O)cc3)S2)cc1. The summed E-state index contributed by atoms with van der Waals surface area (Å²) in [6.07, 6.45) is 5.47. The van der Waals surface area contributed by atoms with Crippen LogP contribution < -0.4 is 14.6 Å². The van der Waals surface area contributed by atoms with Gasteiger partial charge < -0.3 is 9.84 Å². The quantitative estimate of drug-likeness (QED) is 0.551. The standard InChI is InChI=1S/C19H22N2O2S/c1-2-3-4-13-23-18-11-7-16(8-12-18)21-20-14-19(24-21)15-5-9-17(22)10-6-15/h5-12,14,20,22H,2-4,13H2,1H3. The Hall–Kier alpha value is -2.27. The molecule has 3 rings (SSSR count). The van der Waals surface area contributed by atoms with Crippen LogP contribution in [0.4, 0.5) is 5.69 Å². The Bertz CT molecular complexity index is 684. The number of unbranched alkanes of at least 4 members (excludes halogenated alkanes) is 2. The normalized spacial score (nSPS) is 13.5. The first-order valence-electron chi connectivity index (χ1n) is 8.23. The molecule has 0 amide bonds. The van der Waals surface area contributed by atoms with Crippen LogP contribution in [-0.2, 0) is 0 Å². The van der Waals surface area contributed by atoms with Crippen LogP contribution in [-0.4, -0.2) is 11.7 Å². The van der Waals surface area contributed by atoms with Gasteiger partial charge in [-0.2, -0.15) is 0 Å². The van der Waals surface area contributed by atoms with Crippen molar-refractivity contribution in [3.63, 3.8) is 0 Å². The van der Waals surface area contributed by atoms with Crippen molar-refractivity contribution in [1.82, 2.24) is 5.43 Å². The van der Waals surface area contributed by atoms with Gasteiger partial charge in [0.15, 0.2) is 0 Å². The Kier molecular flexibility index (Phi) is 5.54. The van der Waals surface area contributed by atoms with E-state index >= 15 is 0 Å². The molecule has 0 aromatic heterocycles. The number of phenolic OH excluding ortho intramolecular Hbond substituents is 1. The first-order chi connectivity index (χ1) is 11.8. The topological polar surface area (TPSA) is 44.7 Å². The number of hydrazine groups is 1. The van der Waals surface area contributed by atoms with Gasteiger partial charge in [0.2, 0.25) is 0 Å². The van der Waals surface area contributed by atoms with Gasteiger partial charge in [-0.1, -0.05) is 31.9 Å². The molecule has 2 N–H and O–H groups in total. The van der Waals surface area contributed by atoms with Gasteiger partial charge >= 0.3 is 0 Å². The summed E-state index contributed by atoms with van der Waals surface area (Å²) < 4.78 is 7.75. The van der Waals surface area contributed by atoms with Crippen molar-refractivity contribution in [3.05, 3.63) is 60.3 Å². The van der Waals surface area contributed by atoms with Gasteiger partial charge in [0.05, 0.1) is 17.2 Å². The lowest BCUT2D eigenvalue weighted by Gasteiger charge is -2.17. The lowest BCUT2D eigenvalue weighted by molar-refractivity contribution is 0.306. The van der Waals surface area contributed by atoms with Crippen molar-refractivity contribution in [2.75, 3.05) is 11.0 Å². The van der Waals surface area contributed by atoms with Crippen LogP contribution >= 0.6 is 11.9 Å². The van der Waals surface area contributed by atoms with Crippen LogP contribution in [0.5, 0.6) is 11.5 Å². The molecule has 0 fully saturated rings. The van der Waals surface area contributed by atoms with E-state index in [9.17, 15) is 5.11 Å². The minimum atomic E-state index is 0.279. The lowest BCUT2D eigenvalue weighted by Crippen LogP contribution is -2.22. The van der Waals surface area contributed by atoms with Gasteiger partial charge in [-0.05, 0) is 48.4 Å². The number of anilines is 1. The smallest absolute Gasteiger partial charge is 0.119 e. The van der Waals surface area contributed by atoms with Crippen LogP contribution in [0.15, 0.2) is 54.7 Å². The number of hydrogen-bond donors (Lipinski definition) is 2. The van der Waals surface area contributed by atoms with E-state index in [1.54, 1.807) is 24.1 Å². The zero-order valence-corrected chi connectivity index (χ0v) is 14.6. The molecule has 126 valence electrons. The molecule has 0 spiro atoms. The summed E-state index contributed by atoms with van der Waals surface area (Å²) in [4.78, 5) is 1.11. The molecule has 24 heavy (non-hydrogen) atoms. The van der Waals surface area contributed by atoms with E-state index in [2.05, 4.69) is 12.3 Å². The van der Waals surface area contributed by atoms with Crippen LogP contribution in [0.1, 0.15) is 31.7 Å². The van der Waals surface area contributed by atoms with Gasteiger partial charge in [-0.15, -0.1) is 0 Å². The predicted molar refractivity (Wildman–Crippen MR) is 101 cm³/mol. The summed E-state index contributed by atoms with van der Waals surface area (Å²) >= 11 is 1.61. The Labute approximate surface area is 147 Å². The molecule has 4 nitrogen and oxygen atoms in total. The van der Waals surface area contributed by atoms with E-state index in [0.29, 0.717) is 0 Å². The molecule has 0 saturated heterocycles. The van der Waals surface area contributed by atoms with E-state index in [0.717, 1.165) is 34.9 Å². The number of aromatic hydroxyl groups is 1. The van der Waals surface area contributed by atoms with Gasteiger partial charge in [-0.25, -0.2) is 4.41 Å². The van der Waals surface area contributed by atoms with Gasteiger partial charge in [0.1, 0.15) is 11.5 Å². The van der Waals surface area contributed by atoms with Crippen molar-refractivity contribution < 1.29 is 9.84 Å². The van der Waals surface area contributed by atoms with Gasteiger partial charge in [0.25, 0.3) is 0 Å². The van der Waals surface area contributed by atoms with Crippen LogP contribution in [0, 0.1) is 0 Å². The number of ether oxygens (including phenoxy) is 1. The fourth-order valence-corrected chi connectivity index (χ4v) is 3.25. The predicted octanol–water partition coefficient (Wildman–Crippen LogP) is 4.93. The second-order valence-electron chi connectivity index (χ2n) is 5.62. The van der Waals surface area contributed by atoms with Gasteiger partial charge in [0, 0.05) is 18.1 Å². The highest BCUT2D eigenvalue weighted by Gasteiger charge is 2.17. The average Bonchev–Trinajstić information content (AvgIpc) is 3.10. The lowest BCUT2D eigenvalue weighted by atomic mass is 10.2. The highest BCUT2D eigenvalue weighted by atomic mass is 32.2. The summed E-state index contributed by atoms with van der Waals surface area (Å²) in [6.45, 7) is 2.96. The van der Waals surface area contributed by atoms with E-state index in [1.165, 1.54) is 12.8 Å². The molecular weight excluding hydrogens is 320 g/mol. The fraction of sp³-hybridized carbons (Fsp3) is 0.263.